The summed E-state index contributed by atoms with van der Waals surface area (Å²) >= 11 is 0. The van der Waals surface area contributed by atoms with Gasteiger partial charge in [0.15, 0.2) is 0 Å². The highest BCUT2D eigenvalue weighted by Crippen LogP contribution is 2.36. The van der Waals surface area contributed by atoms with E-state index in [1.807, 2.05) is 13.0 Å². The molecule has 1 unspecified atom stereocenters. The van der Waals surface area contributed by atoms with E-state index in [9.17, 15) is 8.42 Å². The molecule has 0 bridgehead atoms. The molecule has 112 valence electrons. The largest absolute Gasteiger partial charge is 0.313 e. The molecule has 2 N–H and O–H groups in total. The molecule has 0 saturated heterocycles. The minimum Gasteiger partial charge on any atom is -0.313 e. The van der Waals surface area contributed by atoms with Crippen LogP contribution in [0.15, 0.2) is 29.2 Å². The number of nitrogens with one attached hydrogen (secondary N) is 2. The highest BCUT2D eigenvalue weighted by atomic mass is 32.2. The maximum absolute atomic E-state index is 12.3. The molecule has 0 aliphatic heterocycles. The average molecular weight is 296 g/mol. The molecule has 1 saturated carbocycles. The number of rotatable bonds is 8. The zero-order valence-corrected chi connectivity index (χ0v) is 13.0. The van der Waals surface area contributed by atoms with Crippen molar-refractivity contribution in [2.24, 2.45) is 11.8 Å². The van der Waals surface area contributed by atoms with Crippen LogP contribution in [0.4, 0.5) is 0 Å². The third-order valence-electron chi connectivity index (χ3n) is 3.81. The molecule has 20 heavy (non-hydrogen) atoms. The van der Waals surface area contributed by atoms with E-state index in [0.29, 0.717) is 29.8 Å². The van der Waals surface area contributed by atoms with Crippen LogP contribution in [0, 0.1) is 11.8 Å². The summed E-state index contributed by atoms with van der Waals surface area (Å²) in [6, 6.07) is 7.13. The van der Waals surface area contributed by atoms with Gasteiger partial charge in [-0.1, -0.05) is 26.0 Å². The zero-order valence-electron chi connectivity index (χ0n) is 12.2. The average Bonchev–Trinajstić information content (AvgIpc) is 3.27. The summed E-state index contributed by atoms with van der Waals surface area (Å²) in [5.74, 6) is 1.13. The Kier molecular flexibility index (Phi) is 5.18. The van der Waals surface area contributed by atoms with Crippen LogP contribution in [0.2, 0.25) is 0 Å². The minimum absolute atomic E-state index is 0.357. The van der Waals surface area contributed by atoms with Crippen LogP contribution < -0.4 is 10.0 Å². The van der Waals surface area contributed by atoms with Gasteiger partial charge in [-0.25, -0.2) is 13.1 Å². The predicted molar refractivity (Wildman–Crippen MR) is 80.9 cm³/mol. The molecule has 4 nitrogen and oxygen atoms in total. The predicted octanol–water partition coefficient (Wildman–Crippen LogP) is 2.12. The Hall–Kier alpha value is -0.910. The molecule has 1 aromatic carbocycles. The van der Waals surface area contributed by atoms with Gasteiger partial charge in [-0.05, 0) is 48.9 Å². The molecule has 1 fully saturated rings. The van der Waals surface area contributed by atoms with Gasteiger partial charge in [0, 0.05) is 13.1 Å². The van der Waals surface area contributed by atoms with Crippen molar-refractivity contribution >= 4 is 10.0 Å². The third-order valence-corrected chi connectivity index (χ3v) is 5.23. The maximum Gasteiger partial charge on any atom is 0.240 e. The van der Waals surface area contributed by atoms with Crippen molar-refractivity contribution in [2.45, 2.75) is 38.1 Å². The summed E-state index contributed by atoms with van der Waals surface area (Å²) in [4.78, 5) is 0.357. The van der Waals surface area contributed by atoms with Gasteiger partial charge in [-0.3, -0.25) is 0 Å². The second-order valence-electron chi connectivity index (χ2n) is 5.59. The minimum atomic E-state index is -3.39. The van der Waals surface area contributed by atoms with Crippen LogP contribution in [0.5, 0.6) is 0 Å². The Balaban J connectivity index is 2.00. The van der Waals surface area contributed by atoms with Crippen LogP contribution in [0.25, 0.3) is 0 Å². The van der Waals surface area contributed by atoms with Gasteiger partial charge >= 0.3 is 0 Å². The second-order valence-corrected chi connectivity index (χ2v) is 7.36. The van der Waals surface area contributed by atoms with Gasteiger partial charge in [0.2, 0.25) is 10.0 Å². The monoisotopic (exact) mass is 296 g/mol. The molecule has 1 atom stereocenters. The Bertz CT molecular complexity index is 539. The molecule has 1 aliphatic rings. The van der Waals surface area contributed by atoms with E-state index in [4.69, 9.17) is 0 Å². The lowest BCUT2D eigenvalue weighted by atomic mass is 10.1. The van der Waals surface area contributed by atoms with Crippen molar-refractivity contribution in [2.75, 3.05) is 13.1 Å². The van der Waals surface area contributed by atoms with E-state index >= 15 is 0 Å². The first-order valence-corrected chi connectivity index (χ1v) is 8.80. The van der Waals surface area contributed by atoms with Crippen LogP contribution in [-0.4, -0.2) is 21.5 Å². The molecular weight excluding hydrogens is 272 g/mol. The zero-order chi connectivity index (χ0) is 14.6. The fourth-order valence-electron chi connectivity index (χ4n) is 2.25. The maximum atomic E-state index is 12.3. The number of hydrogen-bond donors (Lipinski definition) is 2. The van der Waals surface area contributed by atoms with E-state index < -0.39 is 10.0 Å². The first kappa shape index (κ1) is 15.5. The lowest BCUT2D eigenvalue weighted by Gasteiger charge is -2.12. The van der Waals surface area contributed by atoms with Gasteiger partial charge in [-0.2, -0.15) is 0 Å². The fraction of sp³-hybridized carbons (Fsp3) is 0.600. The third kappa shape index (κ3) is 4.30. The number of benzene rings is 1. The van der Waals surface area contributed by atoms with E-state index in [1.54, 1.807) is 18.2 Å². The molecular formula is C15H24N2O2S. The number of hydrogen-bond acceptors (Lipinski definition) is 3. The van der Waals surface area contributed by atoms with Crippen molar-refractivity contribution < 1.29 is 8.42 Å². The Morgan fingerprint density at radius 3 is 2.75 bits per heavy atom. The quantitative estimate of drug-likeness (QED) is 0.772. The van der Waals surface area contributed by atoms with Crippen molar-refractivity contribution in [3.8, 4) is 0 Å². The van der Waals surface area contributed by atoms with Crippen molar-refractivity contribution in [1.82, 2.24) is 10.0 Å². The van der Waals surface area contributed by atoms with Crippen molar-refractivity contribution in [1.29, 1.82) is 0 Å². The molecule has 1 aliphatic carbocycles. The lowest BCUT2D eigenvalue weighted by Crippen LogP contribution is -2.29. The topological polar surface area (TPSA) is 58.2 Å². The number of sulfonamides is 1. The highest BCUT2D eigenvalue weighted by molar-refractivity contribution is 7.89. The fourth-order valence-corrected chi connectivity index (χ4v) is 3.46. The molecule has 2 rings (SSSR count). The molecule has 0 aromatic heterocycles. The smallest absolute Gasteiger partial charge is 0.240 e. The summed E-state index contributed by atoms with van der Waals surface area (Å²) in [7, 11) is -3.39. The van der Waals surface area contributed by atoms with E-state index in [2.05, 4.69) is 17.0 Å². The molecule has 1 aromatic rings. The van der Waals surface area contributed by atoms with Gasteiger partial charge < -0.3 is 5.32 Å². The molecule has 0 amide bonds. The van der Waals surface area contributed by atoms with Crippen molar-refractivity contribution in [3.05, 3.63) is 29.8 Å². The molecule has 5 heteroatoms. The SMILES string of the molecule is CCNCc1cccc(S(=O)(=O)NCC(C)C2CC2)c1. The summed E-state index contributed by atoms with van der Waals surface area (Å²) in [6.45, 7) is 6.24. The van der Waals surface area contributed by atoms with Crippen LogP contribution in [-0.2, 0) is 16.6 Å². The van der Waals surface area contributed by atoms with Gasteiger partial charge in [0.05, 0.1) is 4.90 Å². The van der Waals surface area contributed by atoms with Crippen LogP contribution in [0.3, 0.4) is 0 Å². The molecule has 0 spiro atoms. The van der Waals surface area contributed by atoms with Crippen LogP contribution >= 0.6 is 0 Å². The molecule has 0 heterocycles. The highest BCUT2D eigenvalue weighted by Gasteiger charge is 2.28. The Morgan fingerprint density at radius 1 is 1.35 bits per heavy atom. The summed E-state index contributed by atoms with van der Waals surface area (Å²) in [6.07, 6.45) is 2.47. The van der Waals surface area contributed by atoms with E-state index in [-0.39, 0.29) is 0 Å². The van der Waals surface area contributed by atoms with E-state index in [0.717, 1.165) is 12.1 Å². The summed E-state index contributed by atoms with van der Waals surface area (Å²) in [5.41, 5.74) is 0.991. The van der Waals surface area contributed by atoms with Gasteiger partial charge in [0.25, 0.3) is 0 Å². The molecule has 0 radical (unpaired) electrons. The van der Waals surface area contributed by atoms with Crippen molar-refractivity contribution in [3.63, 3.8) is 0 Å². The first-order chi connectivity index (χ1) is 9.53. The summed E-state index contributed by atoms with van der Waals surface area (Å²) < 4.78 is 27.3. The summed E-state index contributed by atoms with van der Waals surface area (Å²) in [5, 5.41) is 3.20. The van der Waals surface area contributed by atoms with Gasteiger partial charge in [0.1, 0.15) is 0 Å². The van der Waals surface area contributed by atoms with E-state index in [1.165, 1.54) is 12.8 Å². The van der Waals surface area contributed by atoms with Crippen LogP contribution in [0.1, 0.15) is 32.3 Å². The Labute approximate surface area is 122 Å². The standard InChI is InChI=1S/C15H24N2O2S/c1-3-16-11-13-5-4-6-15(9-13)20(18,19)17-10-12(2)14-7-8-14/h4-6,9,12,14,16-17H,3,7-8,10-11H2,1-2H3. The first-order valence-electron chi connectivity index (χ1n) is 7.32. The second kappa shape index (κ2) is 6.70. The Morgan fingerprint density at radius 2 is 2.10 bits per heavy atom. The normalized spacial score (nSPS) is 17.1. The van der Waals surface area contributed by atoms with Gasteiger partial charge in [-0.15, -0.1) is 0 Å². The lowest BCUT2D eigenvalue weighted by molar-refractivity contribution is 0.492.